The summed E-state index contributed by atoms with van der Waals surface area (Å²) in [6, 6.07) is 67.8. The van der Waals surface area contributed by atoms with Crippen LogP contribution in [-0.4, -0.2) is 0 Å². The number of hydrogen-bond donors (Lipinski definition) is 0. The Bertz CT molecular complexity index is 2440. The standard InChI is InChI=1S/C54H43BrO2S2/c55-54-52-5-2-6-53(54)47-25-9-39(10-26-47)33-57-51-29-17-43(18-30-51)37-59-35-41-13-21-45(22-14-41)49-4-1-3-48(31-49)44-19-11-40(12-20-44)34-58-36-42-15-27-50(28-16-42)56-32-38-7-23-46(52)24-8-38/h1-31H,32-37H2. The highest BCUT2D eigenvalue weighted by Gasteiger charge is 2.11. The van der Waals surface area contributed by atoms with Crippen molar-refractivity contribution in [2.45, 2.75) is 36.2 Å². The molecule has 0 spiro atoms. The van der Waals surface area contributed by atoms with Crippen molar-refractivity contribution >= 4 is 39.5 Å². The second kappa shape index (κ2) is 18.6. The molecule has 290 valence electrons. The monoisotopic (exact) mass is 866 g/mol. The first-order chi connectivity index (χ1) is 29.1. The molecule has 0 saturated heterocycles. The quantitative estimate of drug-likeness (QED) is 0.151. The van der Waals surface area contributed by atoms with Crippen LogP contribution in [0, 0.1) is 0 Å². The number of hydrogen-bond acceptors (Lipinski definition) is 4. The van der Waals surface area contributed by atoms with Gasteiger partial charge in [-0.15, -0.1) is 0 Å². The molecule has 0 atom stereocenters. The van der Waals surface area contributed by atoms with Crippen molar-refractivity contribution in [1.29, 1.82) is 0 Å². The summed E-state index contributed by atoms with van der Waals surface area (Å²) >= 11 is 7.81. The largest absolute Gasteiger partial charge is 0.489 e. The molecule has 5 heteroatoms. The molecule has 8 aromatic rings. The highest BCUT2D eigenvalue weighted by Crippen LogP contribution is 2.37. The summed E-state index contributed by atoms with van der Waals surface area (Å²) in [7, 11) is 0. The van der Waals surface area contributed by atoms with Crippen LogP contribution in [0.5, 0.6) is 11.5 Å². The van der Waals surface area contributed by atoms with E-state index in [9.17, 15) is 0 Å². The summed E-state index contributed by atoms with van der Waals surface area (Å²) in [5.41, 5.74) is 17.1. The minimum Gasteiger partial charge on any atom is -0.489 e. The highest BCUT2D eigenvalue weighted by atomic mass is 79.9. The molecule has 0 N–H and O–H groups in total. The third kappa shape index (κ3) is 9.88. The van der Waals surface area contributed by atoms with E-state index in [0.717, 1.165) is 72.4 Å². The first-order valence-electron chi connectivity index (χ1n) is 19.9. The van der Waals surface area contributed by atoms with Crippen LogP contribution in [0.2, 0.25) is 0 Å². The van der Waals surface area contributed by atoms with Crippen LogP contribution in [0.1, 0.15) is 33.4 Å². The average molecular weight is 868 g/mol. The number of thioether (sulfide) groups is 2. The molecule has 0 amide bonds. The van der Waals surface area contributed by atoms with Gasteiger partial charge in [0.05, 0.1) is 0 Å². The van der Waals surface area contributed by atoms with Gasteiger partial charge in [-0.1, -0.05) is 158 Å². The van der Waals surface area contributed by atoms with Gasteiger partial charge in [0.1, 0.15) is 24.7 Å². The van der Waals surface area contributed by atoms with Crippen molar-refractivity contribution in [3.8, 4) is 56.0 Å². The SMILES string of the molecule is Brc1c2cccc1-c1ccc(cc1)COc1ccc(cc1)CSCc1ccc(cc1)-c1cccc(c1)-c1ccc(cc1)CSCc1ccc(cc1)OCc1ccc-2cc1. The molecule has 0 saturated carbocycles. The zero-order chi connectivity index (χ0) is 39.8. The Hall–Kier alpha value is -5.46. The smallest absolute Gasteiger partial charge is 0.119 e. The Labute approximate surface area is 364 Å². The van der Waals surface area contributed by atoms with Gasteiger partial charge in [-0.05, 0) is 124 Å². The van der Waals surface area contributed by atoms with Gasteiger partial charge in [-0.3, -0.25) is 0 Å². The van der Waals surface area contributed by atoms with Crippen molar-refractivity contribution in [2.24, 2.45) is 0 Å². The molecular weight excluding hydrogens is 825 g/mol. The minimum atomic E-state index is 0.517. The summed E-state index contributed by atoms with van der Waals surface area (Å²) in [6.07, 6.45) is 0. The number of halogens is 1. The van der Waals surface area contributed by atoms with E-state index >= 15 is 0 Å². The predicted octanol–water partition coefficient (Wildman–Crippen LogP) is 15.5. The van der Waals surface area contributed by atoms with Gasteiger partial charge in [0, 0.05) is 27.5 Å². The van der Waals surface area contributed by atoms with E-state index in [1.54, 1.807) is 0 Å². The first kappa shape index (κ1) is 39.0. The van der Waals surface area contributed by atoms with Gasteiger partial charge in [0.2, 0.25) is 0 Å². The Kier molecular flexibility index (Phi) is 12.3. The molecule has 10 aliphatic rings. The third-order valence-electron chi connectivity index (χ3n) is 10.7. The maximum atomic E-state index is 6.19. The van der Waals surface area contributed by atoms with Crippen LogP contribution >= 0.6 is 39.5 Å². The maximum absolute atomic E-state index is 6.19. The predicted molar refractivity (Wildman–Crippen MR) is 254 cm³/mol. The number of benzene rings is 8. The molecule has 2 nitrogen and oxygen atoms in total. The van der Waals surface area contributed by atoms with E-state index < -0.39 is 0 Å². The first-order valence-corrected chi connectivity index (χ1v) is 23.0. The average Bonchev–Trinajstić information content (AvgIpc) is 3.29. The van der Waals surface area contributed by atoms with Gasteiger partial charge in [-0.25, -0.2) is 0 Å². The van der Waals surface area contributed by atoms with Crippen LogP contribution in [0.4, 0.5) is 0 Å². The highest BCUT2D eigenvalue weighted by molar-refractivity contribution is 9.10. The molecule has 10 aliphatic heterocycles. The number of rotatable bonds is 0. The summed E-state index contributed by atoms with van der Waals surface area (Å²) in [5, 5.41) is 0. The van der Waals surface area contributed by atoms with Crippen LogP contribution in [0.25, 0.3) is 44.5 Å². The lowest BCUT2D eigenvalue weighted by Gasteiger charge is -2.13. The van der Waals surface area contributed by atoms with Crippen LogP contribution < -0.4 is 9.47 Å². The molecule has 0 aliphatic carbocycles. The zero-order valence-corrected chi connectivity index (χ0v) is 35.9. The van der Waals surface area contributed by atoms with Crippen molar-refractivity contribution in [3.05, 3.63) is 226 Å². The Morgan fingerprint density at radius 2 is 0.644 bits per heavy atom. The molecule has 16 bridgehead atoms. The lowest BCUT2D eigenvalue weighted by Crippen LogP contribution is -1.96. The Morgan fingerprint density at radius 3 is 1.03 bits per heavy atom. The lowest BCUT2D eigenvalue weighted by atomic mass is 9.98. The molecule has 0 radical (unpaired) electrons. The fraction of sp³-hybridized carbons (Fsp3) is 0.111. The fourth-order valence-electron chi connectivity index (χ4n) is 7.27. The minimum absolute atomic E-state index is 0.517. The molecule has 18 rings (SSSR count). The lowest BCUT2D eigenvalue weighted by molar-refractivity contribution is 0.306. The molecule has 59 heavy (non-hydrogen) atoms. The van der Waals surface area contributed by atoms with E-state index in [-0.39, 0.29) is 0 Å². The Morgan fingerprint density at radius 1 is 0.322 bits per heavy atom. The molecular formula is C54H43BrO2S2. The van der Waals surface area contributed by atoms with Crippen molar-refractivity contribution in [3.63, 3.8) is 0 Å². The topological polar surface area (TPSA) is 18.5 Å². The van der Waals surface area contributed by atoms with Gasteiger partial charge in [0.25, 0.3) is 0 Å². The third-order valence-corrected chi connectivity index (χ3v) is 13.7. The Balaban J connectivity index is 0.915. The molecule has 0 aromatic heterocycles. The van der Waals surface area contributed by atoms with Crippen molar-refractivity contribution in [1.82, 2.24) is 0 Å². The second-order valence-corrected chi connectivity index (χ2v) is 17.7. The fourth-order valence-corrected chi connectivity index (χ4v) is 9.91. The van der Waals surface area contributed by atoms with Crippen molar-refractivity contribution in [2.75, 3.05) is 0 Å². The van der Waals surface area contributed by atoms with E-state index in [2.05, 4.69) is 204 Å². The number of ether oxygens (including phenoxy) is 2. The van der Waals surface area contributed by atoms with E-state index in [4.69, 9.17) is 9.47 Å². The summed E-state index contributed by atoms with van der Waals surface area (Å²) in [6.45, 7) is 1.03. The molecule has 0 unspecified atom stereocenters. The van der Waals surface area contributed by atoms with Gasteiger partial charge in [-0.2, -0.15) is 23.5 Å². The van der Waals surface area contributed by atoms with E-state index in [0.29, 0.717) is 13.2 Å². The summed E-state index contributed by atoms with van der Waals surface area (Å²) in [5.74, 6) is 5.60. The van der Waals surface area contributed by atoms with Crippen LogP contribution in [0.15, 0.2) is 193 Å². The van der Waals surface area contributed by atoms with Gasteiger partial charge < -0.3 is 9.47 Å². The van der Waals surface area contributed by atoms with Crippen molar-refractivity contribution < 1.29 is 9.47 Å². The zero-order valence-electron chi connectivity index (χ0n) is 32.7. The van der Waals surface area contributed by atoms with Gasteiger partial charge in [0.15, 0.2) is 0 Å². The van der Waals surface area contributed by atoms with E-state index in [1.165, 1.54) is 44.5 Å². The molecule has 8 aromatic carbocycles. The van der Waals surface area contributed by atoms with Crippen LogP contribution in [-0.2, 0) is 36.2 Å². The van der Waals surface area contributed by atoms with E-state index in [1.807, 2.05) is 23.5 Å². The molecule has 10 heterocycles. The normalized spacial score (nSPS) is 13.2. The molecule has 0 fully saturated rings. The second-order valence-electron chi connectivity index (χ2n) is 14.9. The van der Waals surface area contributed by atoms with Crippen LogP contribution in [0.3, 0.4) is 0 Å². The van der Waals surface area contributed by atoms with Gasteiger partial charge >= 0.3 is 0 Å². The maximum Gasteiger partial charge on any atom is 0.119 e. The summed E-state index contributed by atoms with van der Waals surface area (Å²) < 4.78 is 13.5. The summed E-state index contributed by atoms with van der Waals surface area (Å²) in [4.78, 5) is 0.